The van der Waals surface area contributed by atoms with Gasteiger partial charge in [-0.25, -0.2) is 10.7 Å². The molecule has 2 N–H and O–H groups in total. The Labute approximate surface area is 40.3 Å². The largest absolute Gasteiger partial charge is 0.223 e. The zero-order valence-corrected chi connectivity index (χ0v) is 3.83. The molecule has 1 saturated heterocycles. The first-order valence-corrected chi connectivity index (χ1v) is 1.84. The SMILES string of the molecule is CC1OON(N)O1. The molecule has 0 aromatic carbocycles. The third kappa shape index (κ3) is 1.08. The maximum atomic E-state index is 4.89. The zero-order chi connectivity index (χ0) is 5.28. The first kappa shape index (κ1) is 4.95. The van der Waals surface area contributed by atoms with E-state index < -0.39 is 6.29 Å². The maximum absolute atomic E-state index is 4.89. The van der Waals surface area contributed by atoms with Gasteiger partial charge < -0.3 is 0 Å². The monoisotopic (exact) mass is 106 g/mol. The summed E-state index contributed by atoms with van der Waals surface area (Å²) >= 11 is 0. The lowest BCUT2D eigenvalue weighted by Crippen LogP contribution is -2.24. The van der Waals surface area contributed by atoms with Crippen LogP contribution in [0.3, 0.4) is 0 Å². The summed E-state index contributed by atoms with van der Waals surface area (Å²) in [6.45, 7) is 1.66. The summed E-state index contributed by atoms with van der Waals surface area (Å²) in [5.74, 6) is 4.89. The summed E-state index contributed by atoms with van der Waals surface area (Å²) in [5.41, 5.74) is 0. The molecule has 0 aromatic rings. The van der Waals surface area contributed by atoms with E-state index in [-0.39, 0.29) is 0 Å². The van der Waals surface area contributed by atoms with Gasteiger partial charge in [-0.05, 0) is 6.92 Å². The van der Waals surface area contributed by atoms with Gasteiger partial charge in [0.1, 0.15) is 0 Å². The third-order valence-corrected chi connectivity index (χ3v) is 0.504. The van der Waals surface area contributed by atoms with Gasteiger partial charge in [0.25, 0.3) is 0 Å². The van der Waals surface area contributed by atoms with Crippen LogP contribution in [0.25, 0.3) is 0 Å². The van der Waals surface area contributed by atoms with Crippen LogP contribution >= 0.6 is 0 Å². The maximum Gasteiger partial charge on any atom is 0.214 e. The van der Waals surface area contributed by atoms with Crippen LogP contribution in [-0.4, -0.2) is 11.6 Å². The Kier molecular flexibility index (Phi) is 1.22. The highest BCUT2D eigenvalue weighted by molar-refractivity contribution is 4.18. The number of hydrogen-bond acceptors (Lipinski definition) is 5. The van der Waals surface area contributed by atoms with Crippen LogP contribution in [0.5, 0.6) is 0 Å². The minimum absolute atomic E-state index is 0.398. The molecular weight excluding hydrogens is 100 g/mol. The molecule has 42 valence electrons. The van der Waals surface area contributed by atoms with Crippen LogP contribution in [0.4, 0.5) is 0 Å². The Morgan fingerprint density at radius 1 is 1.71 bits per heavy atom. The fourth-order valence-electron chi connectivity index (χ4n) is 0.284. The molecule has 0 amide bonds. The number of rotatable bonds is 0. The summed E-state index contributed by atoms with van der Waals surface area (Å²) in [7, 11) is 0. The molecule has 1 unspecified atom stereocenters. The van der Waals surface area contributed by atoms with Crippen molar-refractivity contribution < 1.29 is 14.7 Å². The average molecular weight is 106 g/mol. The third-order valence-electron chi connectivity index (χ3n) is 0.504. The van der Waals surface area contributed by atoms with E-state index in [0.717, 1.165) is 0 Å². The van der Waals surface area contributed by atoms with Crippen molar-refractivity contribution in [2.24, 2.45) is 5.84 Å². The second kappa shape index (κ2) is 1.73. The van der Waals surface area contributed by atoms with Crippen molar-refractivity contribution in [3.63, 3.8) is 0 Å². The molecule has 1 aliphatic rings. The molecule has 7 heavy (non-hydrogen) atoms. The van der Waals surface area contributed by atoms with E-state index in [1.165, 1.54) is 0 Å². The number of nitrogens with two attached hydrogens (primary N) is 1. The van der Waals surface area contributed by atoms with Crippen molar-refractivity contribution in [2.75, 3.05) is 0 Å². The van der Waals surface area contributed by atoms with Crippen LogP contribution < -0.4 is 5.84 Å². The highest BCUT2D eigenvalue weighted by Crippen LogP contribution is 2.04. The van der Waals surface area contributed by atoms with Crippen molar-refractivity contribution in [3.05, 3.63) is 0 Å². The molecule has 0 bridgehead atoms. The lowest BCUT2D eigenvalue weighted by atomic mass is 10.8. The van der Waals surface area contributed by atoms with Crippen molar-refractivity contribution in [2.45, 2.75) is 13.2 Å². The highest BCUT2D eigenvalue weighted by Gasteiger charge is 2.18. The standard InChI is InChI=1S/C2H6N2O3/c1-2-5-4(3)7-6-2/h2H,3H2,1H3. The number of hydrazine groups is 1. The van der Waals surface area contributed by atoms with Crippen molar-refractivity contribution in [3.8, 4) is 0 Å². The average Bonchev–Trinajstić information content (AvgIpc) is 1.87. The zero-order valence-electron chi connectivity index (χ0n) is 3.83. The van der Waals surface area contributed by atoms with Crippen LogP contribution in [0, 0.1) is 0 Å². The Bertz CT molecular complexity index is 60.0. The van der Waals surface area contributed by atoms with Crippen molar-refractivity contribution in [1.82, 2.24) is 5.34 Å². The molecule has 0 aliphatic carbocycles. The molecule has 0 aromatic heterocycles. The molecular formula is C2H6N2O3. The second-order valence-electron chi connectivity index (χ2n) is 1.13. The predicted octanol–water partition coefficient (Wildman–Crippen LogP) is -0.683. The fraction of sp³-hybridized carbons (Fsp3) is 1.00. The summed E-state index contributed by atoms with van der Waals surface area (Å²) in [6.07, 6.45) is -0.398. The van der Waals surface area contributed by atoms with Gasteiger partial charge in [0, 0.05) is 5.34 Å². The molecule has 0 saturated carbocycles. The number of nitrogens with zero attached hydrogens (tertiary/aromatic N) is 1. The Morgan fingerprint density at radius 2 is 2.43 bits per heavy atom. The summed E-state index contributed by atoms with van der Waals surface area (Å²) in [4.78, 5) is 13.0. The van der Waals surface area contributed by atoms with Crippen LogP contribution in [0.1, 0.15) is 6.92 Å². The molecule has 1 aliphatic heterocycles. The van der Waals surface area contributed by atoms with E-state index in [4.69, 9.17) is 5.84 Å². The van der Waals surface area contributed by atoms with E-state index in [2.05, 4.69) is 14.7 Å². The van der Waals surface area contributed by atoms with Gasteiger partial charge in [0.2, 0.25) is 6.29 Å². The number of hydrogen-bond donors (Lipinski definition) is 1. The molecule has 1 atom stereocenters. The van der Waals surface area contributed by atoms with Gasteiger partial charge in [0.05, 0.1) is 0 Å². The molecule has 1 rings (SSSR count). The topological polar surface area (TPSA) is 57.0 Å². The summed E-state index contributed by atoms with van der Waals surface area (Å²) < 4.78 is 0. The quantitative estimate of drug-likeness (QED) is 0.327. The lowest BCUT2D eigenvalue weighted by Gasteiger charge is -1.95. The highest BCUT2D eigenvalue weighted by atomic mass is 17.4. The Balaban J connectivity index is 2.26. The Morgan fingerprint density at radius 3 is 2.57 bits per heavy atom. The van der Waals surface area contributed by atoms with Crippen LogP contribution in [0.2, 0.25) is 0 Å². The fourth-order valence-corrected chi connectivity index (χ4v) is 0.284. The van der Waals surface area contributed by atoms with Gasteiger partial charge in [-0.1, -0.05) is 4.99 Å². The van der Waals surface area contributed by atoms with E-state index >= 15 is 0 Å². The Hall–Kier alpha value is -0.200. The van der Waals surface area contributed by atoms with Gasteiger partial charge in [-0.15, -0.1) is 0 Å². The van der Waals surface area contributed by atoms with E-state index in [1.54, 1.807) is 6.92 Å². The van der Waals surface area contributed by atoms with E-state index in [0.29, 0.717) is 5.34 Å². The molecule has 1 fully saturated rings. The predicted molar refractivity (Wildman–Crippen MR) is 18.7 cm³/mol. The normalized spacial score (nSPS) is 34.3. The first-order valence-electron chi connectivity index (χ1n) is 1.84. The van der Waals surface area contributed by atoms with Crippen LogP contribution in [0.15, 0.2) is 0 Å². The minimum Gasteiger partial charge on any atom is -0.223 e. The molecule has 0 radical (unpaired) electrons. The van der Waals surface area contributed by atoms with E-state index in [9.17, 15) is 0 Å². The summed E-state index contributed by atoms with van der Waals surface area (Å²) in [6, 6.07) is 0. The first-order chi connectivity index (χ1) is 3.29. The van der Waals surface area contributed by atoms with Gasteiger partial charge in [-0.3, -0.25) is 0 Å². The molecule has 0 spiro atoms. The van der Waals surface area contributed by atoms with Crippen molar-refractivity contribution in [1.29, 1.82) is 0 Å². The van der Waals surface area contributed by atoms with Gasteiger partial charge >= 0.3 is 0 Å². The van der Waals surface area contributed by atoms with Crippen molar-refractivity contribution >= 4 is 0 Å². The lowest BCUT2D eigenvalue weighted by molar-refractivity contribution is -0.415. The van der Waals surface area contributed by atoms with E-state index in [1.807, 2.05) is 0 Å². The molecule has 5 heteroatoms. The molecule has 1 heterocycles. The minimum atomic E-state index is -0.398. The van der Waals surface area contributed by atoms with Gasteiger partial charge in [0.15, 0.2) is 0 Å². The van der Waals surface area contributed by atoms with Crippen LogP contribution in [-0.2, 0) is 14.7 Å². The molecule has 5 nitrogen and oxygen atoms in total. The smallest absolute Gasteiger partial charge is 0.214 e. The second-order valence-corrected chi connectivity index (χ2v) is 1.13. The van der Waals surface area contributed by atoms with Gasteiger partial charge in [-0.2, -0.15) is 4.89 Å². The summed E-state index contributed by atoms with van der Waals surface area (Å²) in [5, 5.41) is 0.657.